The smallest absolute Gasteiger partial charge is 0.232 e. The Balaban J connectivity index is 2.99. The molecule has 0 aromatic heterocycles. The van der Waals surface area contributed by atoms with Crippen molar-refractivity contribution in [3.63, 3.8) is 0 Å². The standard InChI is InChI=1S/C9H12Br2N2O2S/c1-2-3-16(14,15)13-6-4-7(10)9(12)8(11)5-6/h4-5,13H,2-3,12H2,1H3. The van der Waals surface area contributed by atoms with Gasteiger partial charge in [-0.05, 0) is 50.4 Å². The molecule has 4 nitrogen and oxygen atoms in total. The highest BCUT2D eigenvalue weighted by Crippen LogP contribution is 2.32. The van der Waals surface area contributed by atoms with E-state index in [9.17, 15) is 8.42 Å². The third-order valence-electron chi connectivity index (χ3n) is 1.83. The first-order valence-corrected chi connectivity index (χ1v) is 7.84. The topological polar surface area (TPSA) is 72.2 Å². The Hall–Kier alpha value is -0.270. The first-order chi connectivity index (χ1) is 7.35. The van der Waals surface area contributed by atoms with E-state index in [1.54, 1.807) is 12.1 Å². The summed E-state index contributed by atoms with van der Waals surface area (Å²) < 4.78 is 26.9. The molecule has 0 aliphatic carbocycles. The van der Waals surface area contributed by atoms with Crippen LogP contribution in [0.2, 0.25) is 0 Å². The Morgan fingerprint density at radius 3 is 2.25 bits per heavy atom. The van der Waals surface area contributed by atoms with Gasteiger partial charge in [0, 0.05) is 8.95 Å². The van der Waals surface area contributed by atoms with E-state index in [1.807, 2.05) is 6.92 Å². The number of nitrogens with two attached hydrogens (primary N) is 1. The number of hydrogen-bond acceptors (Lipinski definition) is 3. The maximum Gasteiger partial charge on any atom is 0.232 e. The predicted molar refractivity (Wildman–Crippen MR) is 74.0 cm³/mol. The summed E-state index contributed by atoms with van der Waals surface area (Å²) in [5.41, 5.74) is 6.73. The first kappa shape index (κ1) is 13.8. The monoisotopic (exact) mass is 370 g/mol. The number of sulfonamides is 1. The van der Waals surface area contributed by atoms with E-state index in [4.69, 9.17) is 5.73 Å². The lowest BCUT2D eigenvalue weighted by Gasteiger charge is -2.09. The molecule has 90 valence electrons. The lowest BCUT2D eigenvalue weighted by molar-refractivity contribution is 0.600. The lowest BCUT2D eigenvalue weighted by atomic mass is 10.3. The summed E-state index contributed by atoms with van der Waals surface area (Å²) in [6, 6.07) is 3.26. The maximum atomic E-state index is 11.5. The summed E-state index contributed by atoms with van der Waals surface area (Å²) in [4.78, 5) is 0. The summed E-state index contributed by atoms with van der Waals surface area (Å²) in [5.74, 6) is 0.104. The molecule has 0 aliphatic heterocycles. The van der Waals surface area contributed by atoms with Crippen LogP contribution >= 0.6 is 31.9 Å². The van der Waals surface area contributed by atoms with Gasteiger partial charge in [-0.2, -0.15) is 0 Å². The van der Waals surface area contributed by atoms with Crippen LogP contribution in [-0.4, -0.2) is 14.2 Å². The molecule has 0 radical (unpaired) electrons. The number of nitrogens with one attached hydrogen (secondary N) is 1. The van der Waals surface area contributed by atoms with Gasteiger partial charge in [0.1, 0.15) is 0 Å². The quantitative estimate of drug-likeness (QED) is 0.799. The predicted octanol–water partition coefficient (Wildman–Crippen LogP) is 2.95. The minimum Gasteiger partial charge on any atom is -0.397 e. The number of nitrogen functional groups attached to an aromatic ring is 1. The molecule has 0 fully saturated rings. The van der Waals surface area contributed by atoms with Crippen LogP contribution in [0.25, 0.3) is 0 Å². The van der Waals surface area contributed by atoms with Crippen LogP contribution in [0.3, 0.4) is 0 Å². The molecular weight excluding hydrogens is 360 g/mol. The van der Waals surface area contributed by atoms with Crippen molar-refractivity contribution in [2.75, 3.05) is 16.2 Å². The molecule has 1 rings (SSSR count). The fourth-order valence-electron chi connectivity index (χ4n) is 1.14. The van der Waals surface area contributed by atoms with Crippen LogP contribution in [0.15, 0.2) is 21.1 Å². The Kier molecular flexibility index (Phi) is 4.63. The van der Waals surface area contributed by atoms with E-state index in [-0.39, 0.29) is 5.75 Å². The Bertz CT molecular complexity index is 465. The van der Waals surface area contributed by atoms with Crippen LogP contribution in [0.4, 0.5) is 11.4 Å². The molecular formula is C9H12Br2N2O2S. The van der Waals surface area contributed by atoms with Crippen LogP contribution < -0.4 is 10.5 Å². The fourth-order valence-corrected chi connectivity index (χ4v) is 3.45. The van der Waals surface area contributed by atoms with E-state index in [0.717, 1.165) is 0 Å². The van der Waals surface area contributed by atoms with Crippen molar-refractivity contribution in [2.45, 2.75) is 13.3 Å². The molecule has 0 spiro atoms. The minimum atomic E-state index is -3.26. The van der Waals surface area contributed by atoms with Gasteiger partial charge >= 0.3 is 0 Å². The SMILES string of the molecule is CCCS(=O)(=O)Nc1cc(Br)c(N)c(Br)c1. The van der Waals surface area contributed by atoms with Gasteiger partial charge in [-0.1, -0.05) is 6.92 Å². The van der Waals surface area contributed by atoms with Gasteiger partial charge in [-0.15, -0.1) is 0 Å². The zero-order chi connectivity index (χ0) is 12.3. The average molecular weight is 372 g/mol. The van der Waals surface area contributed by atoms with Crippen molar-refractivity contribution in [2.24, 2.45) is 0 Å². The molecule has 16 heavy (non-hydrogen) atoms. The molecule has 0 atom stereocenters. The van der Waals surface area contributed by atoms with Crippen molar-refractivity contribution in [3.05, 3.63) is 21.1 Å². The molecule has 0 saturated carbocycles. The van der Waals surface area contributed by atoms with Crippen LogP contribution in [0.5, 0.6) is 0 Å². The third kappa shape index (κ3) is 3.64. The van der Waals surface area contributed by atoms with E-state index < -0.39 is 10.0 Å². The summed E-state index contributed by atoms with van der Waals surface area (Å²) in [5, 5.41) is 0. The minimum absolute atomic E-state index is 0.104. The average Bonchev–Trinajstić information content (AvgIpc) is 2.13. The van der Waals surface area contributed by atoms with Gasteiger partial charge in [0.15, 0.2) is 0 Å². The van der Waals surface area contributed by atoms with E-state index >= 15 is 0 Å². The van der Waals surface area contributed by atoms with Crippen molar-refractivity contribution >= 4 is 53.3 Å². The van der Waals surface area contributed by atoms with Gasteiger partial charge in [-0.3, -0.25) is 4.72 Å². The lowest BCUT2D eigenvalue weighted by Crippen LogP contribution is -2.16. The molecule has 1 aromatic carbocycles. The molecule has 0 bridgehead atoms. The molecule has 0 amide bonds. The van der Waals surface area contributed by atoms with Crippen molar-refractivity contribution in [1.82, 2.24) is 0 Å². The zero-order valence-electron chi connectivity index (χ0n) is 8.63. The third-order valence-corrected chi connectivity index (χ3v) is 4.63. The number of benzene rings is 1. The number of halogens is 2. The van der Waals surface area contributed by atoms with Crippen LogP contribution in [-0.2, 0) is 10.0 Å². The summed E-state index contributed by atoms with van der Waals surface area (Å²) in [6.07, 6.45) is 0.576. The van der Waals surface area contributed by atoms with Crippen molar-refractivity contribution in [1.29, 1.82) is 0 Å². The van der Waals surface area contributed by atoms with E-state index in [1.165, 1.54) is 0 Å². The number of anilines is 2. The number of hydrogen-bond donors (Lipinski definition) is 2. The van der Waals surface area contributed by atoms with Crippen LogP contribution in [0.1, 0.15) is 13.3 Å². The van der Waals surface area contributed by atoms with E-state index in [2.05, 4.69) is 36.6 Å². The van der Waals surface area contributed by atoms with Gasteiger partial charge in [0.05, 0.1) is 17.1 Å². The fraction of sp³-hybridized carbons (Fsp3) is 0.333. The van der Waals surface area contributed by atoms with Gasteiger partial charge in [0.25, 0.3) is 0 Å². The molecule has 0 heterocycles. The Labute approximate surface area is 112 Å². The highest BCUT2D eigenvalue weighted by Gasteiger charge is 2.11. The van der Waals surface area contributed by atoms with Crippen molar-refractivity contribution < 1.29 is 8.42 Å². The second kappa shape index (κ2) is 5.37. The first-order valence-electron chi connectivity index (χ1n) is 4.60. The van der Waals surface area contributed by atoms with Gasteiger partial charge in [-0.25, -0.2) is 8.42 Å². The Morgan fingerprint density at radius 2 is 1.81 bits per heavy atom. The second-order valence-corrected chi connectivity index (χ2v) is 6.83. The summed E-state index contributed by atoms with van der Waals surface area (Å²) >= 11 is 6.51. The summed E-state index contributed by atoms with van der Waals surface area (Å²) in [6.45, 7) is 1.81. The van der Waals surface area contributed by atoms with Crippen molar-refractivity contribution in [3.8, 4) is 0 Å². The molecule has 0 aliphatic rings. The normalized spacial score (nSPS) is 11.4. The molecule has 0 saturated heterocycles. The number of rotatable bonds is 4. The maximum absolute atomic E-state index is 11.5. The van der Waals surface area contributed by atoms with Gasteiger partial charge in [0.2, 0.25) is 10.0 Å². The highest BCUT2D eigenvalue weighted by atomic mass is 79.9. The zero-order valence-corrected chi connectivity index (χ0v) is 12.6. The summed E-state index contributed by atoms with van der Waals surface area (Å²) in [7, 11) is -3.26. The second-order valence-electron chi connectivity index (χ2n) is 3.27. The van der Waals surface area contributed by atoms with Crippen LogP contribution in [0, 0.1) is 0 Å². The molecule has 3 N–H and O–H groups in total. The molecule has 0 unspecified atom stereocenters. The molecule has 7 heteroatoms. The van der Waals surface area contributed by atoms with Gasteiger partial charge < -0.3 is 5.73 Å². The largest absolute Gasteiger partial charge is 0.397 e. The highest BCUT2D eigenvalue weighted by molar-refractivity contribution is 9.11. The van der Waals surface area contributed by atoms with E-state index in [0.29, 0.717) is 26.7 Å². The Morgan fingerprint density at radius 1 is 1.31 bits per heavy atom. The molecule has 1 aromatic rings.